The monoisotopic (exact) mass is 447 g/mol. The predicted octanol–water partition coefficient (Wildman–Crippen LogP) is 6.68. The van der Waals surface area contributed by atoms with Crippen molar-refractivity contribution in [3.8, 4) is 0 Å². The third-order valence-corrected chi connectivity index (χ3v) is 6.19. The zero-order valence-electron chi connectivity index (χ0n) is 18.2. The Morgan fingerprint density at radius 3 is 2.53 bits per heavy atom. The Bertz CT molecular complexity index is 1150. The molecule has 1 aliphatic heterocycles. The van der Waals surface area contributed by atoms with E-state index in [0.717, 1.165) is 11.1 Å². The molecule has 1 heterocycles. The second-order valence-corrected chi connectivity index (χ2v) is 8.88. The molecule has 0 aromatic heterocycles. The molecule has 164 valence electrons. The van der Waals surface area contributed by atoms with Crippen LogP contribution in [0.3, 0.4) is 0 Å². The Morgan fingerprint density at radius 1 is 1.09 bits per heavy atom. The molecule has 0 saturated carbocycles. The van der Waals surface area contributed by atoms with E-state index in [2.05, 4.69) is 30.3 Å². The highest BCUT2D eigenvalue weighted by Crippen LogP contribution is 2.30. The molecule has 0 N–H and O–H groups in total. The first kappa shape index (κ1) is 22.1. The molecular weight excluding hydrogens is 422 g/mol. The van der Waals surface area contributed by atoms with E-state index in [0.29, 0.717) is 11.4 Å². The lowest BCUT2D eigenvalue weighted by Crippen LogP contribution is -2.44. The van der Waals surface area contributed by atoms with Crippen molar-refractivity contribution >= 4 is 40.4 Å². The molecule has 0 aliphatic carbocycles. The zero-order chi connectivity index (χ0) is 22.7. The fourth-order valence-corrected chi connectivity index (χ4v) is 4.20. The van der Waals surface area contributed by atoms with Gasteiger partial charge in [-0.3, -0.25) is 4.79 Å². The number of rotatable bonds is 6. The lowest BCUT2D eigenvalue weighted by atomic mass is 9.92. The molecule has 2 atom stereocenters. The fourth-order valence-electron chi connectivity index (χ4n) is 4.07. The summed E-state index contributed by atoms with van der Waals surface area (Å²) in [5, 5.41) is 2.96. The number of carbonyl (C=O) groups is 2. The van der Waals surface area contributed by atoms with Crippen LogP contribution < -0.4 is 0 Å². The Hall–Kier alpha value is -3.11. The van der Waals surface area contributed by atoms with Crippen molar-refractivity contribution in [3.05, 3.63) is 89.0 Å². The van der Waals surface area contributed by atoms with E-state index in [9.17, 15) is 9.59 Å². The number of cyclic esters (lactones) is 1. The molecule has 4 rings (SSSR count). The van der Waals surface area contributed by atoms with Gasteiger partial charge in [-0.25, -0.2) is 9.69 Å². The maximum Gasteiger partial charge on any atom is 0.417 e. The molecule has 0 radical (unpaired) electrons. The number of amides is 2. The second-order valence-electron chi connectivity index (χ2n) is 8.45. The molecule has 1 aliphatic rings. The average molecular weight is 448 g/mol. The SMILES string of the molecule is CC(C)[C@@H]1COC(=O)N1C(=O)[C@@H](C/C=C/c1ccc2ccccc2c1)c1ccc(Cl)cc1. The van der Waals surface area contributed by atoms with Gasteiger partial charge in [0, 0.05) is 5.02 Å². The van der Waals surface area contributed by atoms with E-state index in [4.69, 9.17) is 16.3 Å². The van der Waals surface area contributed by atoms with Gasteiger partial charge >= 0.3 is 6.09 Å². The standard InChI is InChI=1S/C27H26ClNO3/c1-18(2)25-17-32-27(31)29(25)26(30)24(21-12-14-23(28)15-13-21)9-5-6-19-10-11-20-7-3-4-8-22(20)16-19/h3-8,10-16,18,24-25H,9,17H2,1-2H3/b6-5+/t24-,25-/m0/s1. The summed E-state index contributed by atoms with van der Waals surface area (Å²) in [5.74, 6) is -0.628. The third kappa shape index (κ3) is 4.71. The summed E-state index contributed by atoms with van der Waals surface area (Å²) < 4.78 is 5.21. The van der Waals surface area contributed by atoms with Crippen LogP contribution >= 0.6 is 11.6 Å². The van der Waals surface area contributed by atoms with Crippen molar-refractivity contribution in [2.75, 3.05) is 6.61 Å². The average Bonchev–Trinajstić information content (AvgIpc) is 3.19. The number of ether oxygens (including phenoxy) is 1. The first-order valence-electron chi connectivity index (χ1n) is 10.8. The first-order chi connectivity index (χ1) is 15.4. The second kappa shape index (κ2) is 9.58. The highest BCUT2D eigenvalue weighted by atomic mass is 35.5. The minimum atomic E-state index is -0.564. The third-order valence-electron chi connectivity index (χ3n) is 5.94. The summed E-state index contributed by atoms with van der Waals surface area (Å²) >= 11 is 6.06. The van der Waals surface area contributed by atoms with Gasteiger partial charge in [-0.2, -0.15) is 0 Å². The first-order valence-corrected chi connectivity index (χ1v) is 11.2. The van der Waals surface area contributed by atoms with Crippen LogP contribution in [-0.2, 0) is 9.53 Å². The summed E-state index contributed by atoms with van der Waals surface area (Å²) in [6.07, 6.45) is 3.91. The van der Waals surface area contributed by atoms with Crippen LogP contribution in [0.4, 0.5) is 4.79 Å². The molecule has 0 spiro atoms. The van der Waals surface area contributed by atoms with E-state index < -0.39 is 12.0 Å². The van der Waals surface area contributed by atoms with Gasteiger partial charge in [0.2, 0.25) is 5.91 Å². The maximum atomic E-state index is 13.5. The smallest absolute Gasteiger partial charge is 0.417 e. The number of hydrogen-bond acceptors (Lipinski definition) is 3. The van der Waals surface area contributed by atoms with Crippen molar-refractivity contribution in [2.45, 2.75) is 32.2 Å². The largest absolute Gasteiger partial charge is 0.447 e. The summed E-state index contributed by atoms with van der Waals surface area (Å²) in [6, 6.07) is 21.5. The van der Waals surface area contributed by atoms with Crippen molar-refractivity contribution in [1.82, 2.24) is 4.90 Å². The summed E-state index contributed by atoms with van der Waals surface area (Å²) in [7, 11) is 0. The number of benzene rings is 3. The quantitative estimate of drug-likeness (QED) is 0.423. The van der Waals surface area contributed by atoms with Crippen molar-refractivity contribution in [2.24, 2.45) is 5.92 Å². The Labute approximate surface area is 193 Å². The number of halogens is 1. The highest BCUT2D eigenvalue weighted by molar-refractivity contribution is 6.30. The summed E-state index contributed by atoms with van der Waals surface area (Å²) in [4.78, 5) is 27.2. The van der Waals surface area contributed by atoms with Gasteiger partial charge in [0.05, 0.1) is 12.0 Å². The minimum Gasteiger partial charge on any atom is -0.447 e. The Balaban J connectivity index is 1.60. The molecular formula is C27H26ClNO3. The lowest BCUT2D eigenvalue weighted by Gasteiger charge is -2.26. The Kier molecular flexibility index (Phi) is 6.61. The summed E-state index contributed by atoms with van der Waals surface area (Å²) in [6.45, 7) is 4.22. The fraction of sp³-hybridized carbons (Fsp3) is 0.259. The molecule has 3 aromatic rings. The molecule has 32 heavy (non-hydrogen) atoms. The van der Waals surface area contributed by atoms with Gasteiger partial charge in [0.25, 0.3) is 0 Å². The van der Waals surface area contributed by atoms with Crippen LogP contribution in [0.1, 0.15) is 37.3 Å². The van der Waals surface area contributed by atoms with Crippen LogP contribution in [0.15, 0.2) is 72.8 Å². The number of fused-ring (bicyclic) bond motifs is 1. The van der Waals surface area contributed by atoms with Crippen LogP contribution in [0, 0.1) is 5.92 Å². The van der Waals surface area contributed by atoms with Crippen molar-refractivity contribution in [1.29, 1.82) is 0 Å². The molecule has 3 aromatic carbocycles. The van der Waals surface area contributed by atoms with Gasteiger partial charge in [0.15, 0.2) is 0 Å². The normalized spacial score (nSPS) is 17.3. The number of imide groups is 1. The van der Waals surface area contributed by atoms with Gasteiger partial charge in [-0.1, -0.05) is 86.1 Å². The van der Waals surface area contributed by atoms with Crippen molar-refractivity contribution in [3.63, 3.8) is 0 Å². The van der Waals surface area contributed by atoms with E-state index in [-0.39, 0.29) is 24.5 Å². The molecule has 2 amide bonds. The highest BCUT2D eigenvalue weighted by Gasteiger charge is 2.42. The molecule has 0 bridgehead atoms. The summed E-state index contributed by atoms with van der Waals surface area (Å²) in [5.41, 5.74) is 1.89. The van der Waals surface area contributed by atoms with Gasteiger partial charge in [0.1, 0.15) is 6.61 Å². The van der Waals surface area contributed by atoms with Crippen LogP contribution in [0.5, 0.6) is 0 Å². The maximum absolute atomic E-state index is 13.5. The molecule has 5 heteroatoms. The predicted molar refractivity (Wildman–Crippen MR) is 129 cm³/mol. The molecule has 1 saturated heterocycles. The number of allylic oxidation sites excluding steroid dienone is 1. The number of nitrogens with zero attached hydrogens (tertiary/aromatic N) is 1. The Morgan fingerprint density at radius 2 is 1.81 bits per heavy atom. The van der Waals surface area contributed by atoms with E-state index >= 15 is 0 Å². The van der Waals surface area contributed by atoms with Crippen molar-refractivity contribution < 1.29 is 14.3 Å². The van der Waals surface area contributed by atoms with E-state index in [1.165, 1.54) is 15.7 Å². The van der Waals surface area contributed by atoms with E-state index in [1.807, 2.05) is 50.3 Å². The minimum absolute atomic E-state index is 0.115. The van der Waals surface area contributed by atoms with Gasteiger partial charge in [-0.15, -0.1) is 0 Å². The van der Waals surface area contributed by atoms with Crippen LogP contribution in [-0.4, -0.2) is 29.5 Å². The van der Waals surface area contributed by atoms with Crippen LogP contribution in [0.2, 0.25) is 5.02 Å². The molecule has 1 fully saturated rings. The molecule has 4 nitrogen and oxygen atoms in total. The molecule has 0 unspecified atom stereocenters. The topological polar surface area (TPSA) is 46.6 Å². The van der Waals surface area contributed by atoms with Gasteiger partial charge in [-0.05, 0) is 52.4 Å². The van der Waals surface area contributed by atoms with Crippen LogP contribution in [0.25, 0.3) is 16.8 Å². The number of carbonyl (C=O) groups excluding carboxylic acids is 2. The van der Waals surface area contributed by atoms with Gasteiger partial charge < -0.3 is 4.74 Å². The lowest BCUT2D eigenvalue weighted by molar-refractivity contribution is -0.131. The zero-order valence-corrected chi connectivity index (χ0v) is 19.0. The van der Waals surface area contributed by atoms with E-state index in [1.54, 1.807) is 12.1 Å². The number of hydrogen-bond donors (Lipinski definition) is 0.